The summed E-state index contributed by atoms with van der Waals surface area (Å²) in [5, 5.41) is 14.1. The van der Waals surface area contributed by atoms with E-state index in [2.05, 4.69) is 25.0 Å². The van der Waals surface area contributed by atoms with Crippen molar-refractivity contribution in [2.45, 2.75) is 4.90 Å². The van der Waals surface area contributed by atoms with Crippen LogP contribution >= 0.6 is 11.6 Å². The largest absolute Gasteiger partial charge is 0.335 e. The Morgan fingerprint density at radius 2 is 1.65 bits per heavy atom. The number of rotatable bonds is 6. The maximum atomic E-state index is 12.9. The lowest BCUT2D eigenvalue weighted by molar-refractivity contribution is -0.385. The van der Waals surface area contributed by atoms with E-state index in [0.29, 0.717) is 16.7 Å². The van der Waals surface area contributed by atoms with Crippen molar-refractivity contribution < 1.29 is 13.3 Å². The van der Waals surface area contributed by atoms with Gasteiger partial charge in [0.15, 0.2) is 16.8 Å². The van der Waals surface area contributed by atoms with Gasteiger partial charge in [-0.3, -0.25) is 14.8 Å². The monoisotopic (exact) mass is 456 g/mol. The maximum absolute atomic E-state index is 12.9. The molecule has 0 aliphatic rings. The van der Waals surface area contributed by atoms with E-state index in [9.17, 15) is 18.5 Å². The Balaban J connectivity index is 1.79. The van der Waals surface area contributed by atoms with Gasteiger partial charge in [0.1, 0.15) is 0 Å². The van der Waals surface area contributed by atoms with Crippen molar-refractivity contribution in [1.82, 2.24) is 15.0 Å². The van der Waals surface area contributed by atoms with Gasteiger partial charge in [-0.2, -0.15) is 0 Å². The third kappa shape index (κ3) is 4.37. The third-order valence-corrected chi connectivity index (χ3v) is 5.79. The smallest absolute Gasteiger partial charge is 0.270 e. The molecule has 0 amide bonds. The first-order chi connectivity index (χ1) is 14.8. The number of benzene rings is 2. The zero-order valence-corrected chi connectivity index (χ0v) is 17.1. The van der Waals surface area contributed by atoms with Crippen LogP contribution in [0.15, 0.2) is 71.8 Å². The summed E-state index contributed by atoms with van der Waals surface area (Å²) in [4.78, 5) is 22.8. The van der Waals surface area contributed by atoms with Gasteiger partial charge in [-0.15, -0.1) is 0 Å². The Morgan fingerprint density at radius 3 is 2.32 bits per heavy atom. The number of sulfonamides is 1. The first-order valence-corrected chi connectivity index (χ1v) is 10.6. The Labute approximate surface area is 181 Å². The number of hydrogen-bond acceptors (Lipinski definition) is 8. The number of non-ortho nitro benzene ring substituents is 1. The van der Waals surface area contributed by atoms with Crippen molar-refractivity contribution in [2.75, 3.05) is 10.0 Å². The summed E-state index contributed by atoms with van der Waals surface area (Å²) in [6, 6.07) is 14.9. The fourth-order valence-corrected chi connectivity index (χ4v) is 3.93. The van der Waals surface area contributed by atoms with Crippen LogP contribution < -0.4 is 10.0 Å². The number of pyridine rings is 1. The Hall–Kier alpha value is -3.83. The summed E-state index contributed by atoms with van der Waals surface area (Å²) in [7, 11) is -4.21. The standard InChI is InChI=1S/C19H13ClN6O4S/c20-17-16(9-4-10-21-17)24-18-19(23-15-8-2-1-7-14(15)22-18)25-31(29,30)13-6-3-5-12(11-13)26(27)28/h1-11H,(H,22,24)(H,23,25). The number of nitrogens with zero attached hydrogens (tertiary/aromatic N) is 4. The molecular weight excluding hydrogens is 444 g/mol. The highest BCUT2D eigenvalue weighted by atomic mass is 35.5. The van der Waals surface area contributed by atoms with Crippen LogP contribution in [-0.4, -0.2) is 28.3 Å². The molecule has 2 aromatic heterocycles. The highest BCUT2D eigenvalue weighted by Gasteiger charge is 2.21. The zero-order chi connectivity index (χ0) is 22.0. The summed E-state index contributed by atoms with van der Waals surface area (Å²) in [5.74, 6) is -0.0206. The zero-order valence-electron chi connectivity index (χ0n) is 15.6. The second-order valence-electron chi connectivity index (χ2n) is 6.24. The van der Waals surface area contributed by atoms with Crippen molar-refractivity contribution in [1.29, 1.82) is 0 Å². The fraction of sp³-hybridized carbons (Fsp3) is 0. The van der Waals surface area contributed by atoms with Gasteiger partial charge < -0.3 is 5.32 Å². The van der Waals surface area contributed by atoms with Crippen molar-refractivity contribution in [3.63, 3.8) is 0 Å². The first-order valence-electron chi connectivity index (χ1n) is 8.75. The van der Waals surface area contributed by atoms with Crippen LogP contribution in [0.5, 0.6) is 0 Å². The lowest BCUT2D eigenvalue weighted by Gasteiger charge is -2.14. The fourth-order valence-electron chi connectivity index (χ4n) is 2.72. The van der Waals surface area contributed by atoms with E-state index in [1.165, 1.54) is 24.4 Å². The van der Waals surface area contributed by atoms with Crippen LogP contribution in [0, 0.1) is 10.1 Å². The van der Waals surface area contributed by atoms with Crippen LogP contribution in [0.4, 0.5) is 23.0 Å². The molecule has 12 heteroatoms. The van der Waals surface area contributed by atoms with E-state index < -0.39 is 14.9 Å². The number of para-hydroxylation sites is 2. The van der Waals surface area contributed by atoms with E-state index in [1.54, 1.807) is 36.4 Å². The minimum absolute atomic E-state index is 0.0857. The topological polar surface area (TPSA) is 140 Å². The molecule has 4 aromatic rings. The second-order valence-corrected chi connectivity index (χ2v) is 8.28. The molecule has 4 rings (SSSR count). The van der Waals surface area contributed by atoms with Gasteiger partial charge in [-0.1, -0.05) is 29.8 Å². The molecule has 0 fully saturated rings. The van der Waals surface area contributed by atoms with E-state index in [1.807, 2.05) is 0 Å². The highest BCUT2D eigenvalue weighted by Crippen LogP contribution is 2.29. The maximum Gasteiger partial charge on any atom is 0.270 e. The van der Waals surface area contributed by atoms with Gasteiger partial charge in [-0.05, 0) is 30.3 Å². The van der Waals surface area contributed by atoms with Crippen LogP contribution in [0.25, 0.3) is 11.0 Å². The minimum atomic E-state index is -4.21. The number of fused-ring (bicyclic) bond motifs is 1. The van der Waals surface area contributed by atoms with Gasteiger partial charge in [0.05, 0.1) is 26.5 Å². The molecule has 2 heterocycles. The van der Waals surface area contributed by atoms with Crippen LogP contribution in [0.1, 0.15) is 0 Å². The molecule has 156 valence electrons. The average molecular weight is 457 g/mol. The molecule has 0 bridgehead atoms. The summed E-state index contributed by atoms with van der Waals surface area (Å²) >= 11 is 6.10. The molecule has 0 aliphatic carbocycles. The second kappa shape index (κ2) is 8.13. The molecule has 10 nitrogen and oxygen atoms in total. The lowest BCUT2D eigenvalue weighted by atomic mass is 10.3. The Kier molecular flexibility index (Phi) is 5.36. The van der Waals surface area contributed by atoms with Crippen molar-refractivity contribution in [3.8, 4) is 0 Å². The summed E-state index contributed by atoms with van der Waals surface area (Å²) in [6.45, 7) is 0. The molecule has 0 saturated carbocycles. The Bertz CT molecular complexity index is 1410. The van der Waals surface area contributed by atoms with Crippen molar-refractivity contribution in [2.24, 2.45) is 0 Å². The van der Waals surface area contributed by atoms with Crippen LogP contribution in [0.2, 0.25) is 5.15 Å². The first kappa shape index (κ1) is 20.4. The van der Waals surface area contributed by atoms with Gasteiger partial charge in [0, 0.05) is 18.3 Å². The predicted molar refractivity (Wildman–Crippen MR) is 116 cm³/mol. The number of hydrogen-bond donors (Lipinski definition) is 2. The van der Waals surface area contributed by atoms with E-state index in [4.69, 9.17) is 11.6 Å². The molecule has 2 N–H and O–H groups in total. The molecule has 0 unspecified atom stereocenters. The number of halogens is 1. The number of aromatic nitrogens is 3. The van der Waals surface area contributed by atoms with Crippen LogP contribution in [0.3, 0.4) is 0 Å². The van der Waals surface area contributed by atoms with Gasteiger partial charge in [-0.25, -0.2) is 23.4 Å². The molecule has 31 heavy (non-hydrogen) atoms. The van der Waals surface area contributed by atoms with Gasteiger partial charge in [0.2, 0.25) is 0 Å². The Morgan fingerprint density at radius 1 is 0.935 bits per heavy atom. The minimum Gasteiger partial charge on any atom is -0.335 e. The molecule has 0 saturated heterocycles. The van der Waals surface area contributed by atoms with Crippen LogP contribution in [-0.2, 0) is 10.0 Å². The number of nitro benzene ring substituents is 1. The van der Waals surface area contributed by atoms with E-state index in [0.717, 1.165) is 6.07 Å². The summed E-state index contributed by atoms with van der Waals surface area (Å²) in [6.07, 6.45) is 1.51. The van der Waals surface area contributed by atoms with Crippen molar-refractivity contribution in [3.05, 3.63) is 82.1 Å². The predicted octanol–water partition coefficient (Wildman–Crippen LogP) is 4.13. The number of anilines is 3. The molecule has 0 aliphatic heterocycles. The molecular formula is C19H13ClN6O4S. The van der Waals surface area contributed by atoms with Gasteiger partial charge in [0.25, 0.3) is 15.7 Å². The number of nitro groups is 1. The third-order valence-electron chi connectivity index (χ3n) is 4.15. The van der Waals surface area contributed by atoms with E-state index in [-0.39, 0.29) is 27.4 Å². The van der Waals surface area contributed by atoms with E-state index >= 15 is 0 Å². The molecule has 2 aromatic carbocycles. The normalized spacial score (nSPS) is 11.3. The molecule has 0 radical (unpaired) electrons. The summed E-state index contributed by atoms with van der Waals surface area (Å²) in [5.41, 5.74) is 1.00. The summed E-state index contributed by atoms with van der Waals surface area (Å²) < 4.78 is 28.2. The quantitative estimate of drug-likeness (QED) is 0.250. The molecule has 0 spiro atoms. The average Bonchev–Trinajstić information content (AvgIpc) is 2.75. The van der Waals surface area contributed by atoms with Crippen molar-refractivity contribution >= 4 is 55.7 Å². The lowest BCUT2D eigenvalue weighted by Crippen LogP contribution is -2.16. The number of nitrogens with one attached hydrogen (secondary N) is 2. The molecule has 0 atom stereocenters. The SMILES string of the molecule is O=[N+]([O-])c1cccc(S(=O)(=O)Nc2nc3ccccc3nc2Nc2cccnc2Cl)c1. The van der Waals surface area contributed by atoms with Gasteiger partial charge >= 0.3 is 0 Å². The highest BCUT2D eigenvalue weighted by molar-refractivity contribution is 7.92.